The van der Waals surface area contributed by atoms with Crippen LogP contribution in [0.25, 0.3) is 21.9 Å². The molecule has 1 N–H and O–H groups in total. The first-order valence-electron chi connectivity index (χ1n) is 12.9. The molecule has 1 unspecified atom stereocenters. The fourth-order valence-corrected chi connectivity index (χ4v) is 5.30. The highest BCUT2D eigenvalue weighted by Gasteiger charge is 2.26. The maximum Gasteiger partial charge on any atom is 0.256 e. The van der Waals surface area contributed by atoms with Crippen molar-refractivity contribution in [3.8, 4) is 11.1 Å². The number of morpholine rings is 1. The number of aryl methyl sites for hydroxylation is 1. The zero-order valence-corrected chi connectivity index (χ0v) is 20.7. The van der Waals surface area contributed by atoms with Gasteiger partial charge in [0, 0.05) is 31.0 Å². The van der Waals surface area contributed by atoms with E-state index in [0.29, 0.717) is 26.3 Å². The molecule has 37 heavy (non-hydrogen) atoms. The van der Waals surface area contributed by atoms with E-state index in [4.69, 9.17) is 4.74 Å². The minimum Gasteiger partial charge on any atom is -0.378 e. The number of nitrogens with zero attached hydrogens (tertiary/aromatic N) is 3. The standard InChI is InChI=1S/C31H30N4O2/c36-31(34-15-17-37-18-16-34)28-21-35(20-27(28)26-12-6-10-24-9-4-5-11-25(24)26)30(29-19-32-22-33-29)14-13-23-7-2-1-3-8-23/h1-12,19-22,30H,13-18H2,(H,32,33). The van der Waals surface area contributed by atoms with Crippen LogP contribution in [-0.4, -0.2) is 51.6 Å². The van der Waals surface area contributed by atoms with Crippen LogP contribution in [0.3, 0.4) is 0 Å². The third-order valence-corrected chi connectivity index (χ3v) is 7.24. The van der Waals surface area contributed by atoms with E-state index in [9.17, 15) is 4.79 Å². The average molecular weight is 491 g/mol. The zero-order chi connectivity index (χ0) is 25.0. The molecule has 0 radical (unpaired) electrons. The molecule has 0 bridgehead atoms. The van der Waals surface area contributed by atoms with Crippen LogP contribution in [0.2, 0.25) is 0 Å². The van der Waals surface area contributed by atoms with Gasteiger partial charge in [0.1, 0.15) is 0 Å². The van der Waals surface area contributed by atoms with Crippen LogP contribution in [0, 0.1) is 0 Å². The third-order valence-electron chi connectivity index (χ3n) is 7.24. The Labute approximate surface area is 216 Å². The summed E-state index contributed by atoms with van der Waals surface area (Å²) in [5.41, 5.74) is 5.07. The summed E-state index contributed by atoms with van der Waals surface area (Å²) in [6.45, 7) is 2.36. The number of carbonyl (C=O) groups is 1. The summed E-state index contributed by atoms with van der Waals surface area (Å²) in [4.78, 5) is 23.4. The van der Waals surface area contributed by atoms with Gasteiger partial charge in [0.05, 0.1) is 43.0 Å². The first-order valence-corrected chi connectivity index (χ1v) is 12.9. The van der Waals surface area contributed by atoms with Gasteiger partial charge < -0.3 is 19.2 Å². The number of imidazole rings is 1. The van der Waals surface area contributed by atoms with E-state index < -0.39 is 0 Å². The lowest BCUT2D eigenvalue weighted by atomic mass is 9.97. The van der Waals surface area contributed by atoms with E-state index in [-0.39, 0.29) is 11.9 Å². The summed E-state index contributed by atoms with van der Waals surface area (Å²) in [6.07, 6.45) is 9.58. The summed E-state index contributed by atoms with van der Waals surface area (Å²) >= 11 is 0. The van der Waals surface area contributed by atoms with Crippen LogP contribution >= 0.6 is 0 Å². The van der Waals surface area contributed by atoms with Crippen LogP contribution in [0.15, 0.2) is 97.7 Å². The molecule has 3 aromatic carbocycles. The molecule has 186 valence electrons. The predicted molar refractivity (Wildman–Crippen MR) is 146 cm³/mol. The van der Waals surface area contributed by atoms with Crippen molar-refractivity contribution in [2.24, 2.45) is 0 Å². The van der Waals surface area contributed by atoms with Crippen LogP contribution in [0.5, 0.6) is 0 Å². The monoisotopic (exact) mass is 490 g/mol. The molecule has 2 aromatic heterocycles. The van der Waals surface area contributed by atoms with E-state index in [1.165, 1.54) is 5.56 Å². The van der Waals surface area contributed by atoms with Crippen molar-refractivity contribution < 1.29 is 9.53 Å². The van der Waals surface area contributed by atoms with Crippen molar-refractivity contribution >= 4 is 16.7 Å². The van der Waals surface area contributed by atoms with E-state index in [1.54, 1.807) is 6.33 Å². The van der Waals surface area contributed by atoms with Gasteiger partial charge in [0.25, 0.3) is 5.91 Å². The summed E-state index contributed by atoms with van der Waals surface area (Å²) in [5, 5.41) is 2.30. The lowest BCUT2D eigenvalue weighted by Gasteiger charge is -2.27. The lowest BCUT2D eigenvalue weighted by Crippen LogP contribution is -2.40. The first-order chi connectivity index (χ1) is 18.3. The molecule has 1 aliphatic rings. The number of H-pyrrole nitrogens is 1. The van der Waals surface area contributed by atoms with Gasteiger partial charge in [0.2, 0.25) is 0 Å². The molecule has 6 nitrogen and oxygen atoms in total. The minimum atomic E-state index is 0.0164. The molecule has 0 aliphatic carbocycles. The van der Waals surface area contributed by atoms with Crippen molar-refractivity contribution in [3.05, 3.63) is 115 Å². The molecule has 1 saturated heterocycles. The fraction of sp³-hybridized carbons (Fsp3) is 0.226. The normalized spacial score (nSPS) is 14.6. The summed E-state index contributed by atoms with van der Waals surface area (Å²) in [7, 11) is 0. The maximum absolute atomic E-state index is 13.9. The predicted octanol–water partition coefficient (Wildman–Crippen LogP) is 5.73. The van der Waals surface area contributed by atoms with Crippen molar-refractivity contribution in [3.63, 3.8) is 0 Å². The van der Waals surface area contributed by atoms with E-state index in [1.807, 2.05) is 23.4 Å². The summed E-state index contributed by atoms with van der Waals surface area (Å²) in [5.74, 6) is 0.0522. The van der Waals surface area contributed by atoms with Gasteiger partial charge >= 0.3 is 0 Å². The second-order valence-electron chi connectivity index (χ2n) is 9.51. The minimum absolute atomic E-state index is 0.0164. The van der Waals surface area contributed by atoms with E-state index in [2.05, 4.69) is 87.5 Å². The molecule has 3 heterocycles. The number of hydrogen-bond donors (Lipinski definition) is 1. The van der Waals surface area contributed by atoms with E-state index >= 15 is 0 Å². The smallest absolute Gasteiger partial charge is 0.256 e. The van der Waals surface area contributed by atoms with Crippen molar-refractivity contribution in [2.75, 3.05) is 26.3 Å². The van der Waals surface area contributed by atoms with Gasteiger partial charge in [-0.15, -0.1) is 0 Å². The zero-order valence-electron chi connectivity index (χ0n) is 20.7. The van der Waals surface area contributed by atoms with Crippen molar-refractivity contribution in [1.82, 2.24) is 19.4 Å². The van der Waals surface area contributed by atoms with Crippen LogP contribution < -0.4 is 0 Å². The molecule has 1 fully saturated rings. The highest BCUT2D eigenvalue weighted by atomic mass is 16.5. The van der Waals surface area contributed by atoms with Gasteiger partial charge in [-0.2, -0.15) is 0 Å². The molecule has 0 spiro atoms. The van der Waals surface area contributed by atoms with Crippen molar-refractivity contribution in [1.29, 1.82) is 0 Å². The molecule has 6 heteroatoms. The Kier molecular flexibility index (Phi) is 6.57. The molecular formula is C31H30N4O2. The quantitative estimate of drug-likeness (QED) is 0.317. The Bertz CT molecular complexity index is 1480. The number of hydrogen-bond acceptors (Lipinski definition) is 3. The highest BCUT2D eigenvalue weighted by molar-refractivity contribution is 6.06. The Morgan fingerprint density at radius 1 is 0.919 bits per heavy atom. The summed E-state index contributed by atoms with van der Waals surface area (Å²) in [6, 6.07) is 25.2. The van der Waals surface area contributed by atoms with Crippen LogP contribution in [0.1, 0.15) is 34.1 Å². The number of aromatic nitrogens is 3. The Morgan fingerprint density at radius 2 is 1.70 bits per heavy atom. The van der Waals surface area contributed by atoms with Crippen LogP contribution in [0.4, 0.5) is 0 Å². The number of rotatable bonds is 7. The molecular weight excluding hydrogens is 460 g/mol. The second kappa shape index (κ2) is 10.4. The number of aromatic amines is 1. The third kappa shape index (κ3) is 4.80. The number of carbonyl (C=O) groups excluding carboxylic acids is 1. The highest BCUT2D eigenvalue weighted by Crippen LogP contribution is 2.35. The number of ether oxygens (including phenoxy) is 1. The maximum atomic E-state index is 13.9. The van der Waals surface area contributed by atoms with Gasteiger partial charge in [-0.25, -0.2) is 4.98 Å². The molecule has 5 aromatic rings. The first kappa shape index (κ1) is 23.3. The van der Waals surface area contributed by atoms with Gasteiger partial charge in [-0.1, -0.05) is 72.8 Å². The Balaban J connectivity index is 1.45. The molecule has 1 atom stereocenters. The summed E-state index contributed by atoms with van der Waals surface area (Å²) < 4.78 is 7.71. The molecule has 6 rings (SSSR count). The SMILES string of the molecule is O=C(c1cn(C(CCc2ccccc2)c2cnc[nH]2)cc1-c1cccc2ccccc12)N1CCOCC1. The van der Waals surface area contributed by atoms with Crippen LogP contribution in [-0.2, 0) is 11.2 Å². The molecule has 0 saturated carbocycles. The number of benzene rings is 3. The molecule has 1 amide bonds. The largest absolute Gasteiger partial charge is 0.378 e. The van der Waals surface area contributed by atoms with E-state index in [0.717, 1.165) is 46.0 Å². The topological polar surface area (TPSA) is 63.2 Å². The number of amides is 1. The number of fused-ring (bicyclic) bond motifs is 1. The average Bonchev–Trinajstić information content (AvgIpc) is 3.65. The fourth-order valence-electron chi connectivity index (χ4n) is 5.30. The number of nitrogens with one attached hydrogen (secondary N) is 1. The molecule has 1 aliphatic heterocycles. The second-order valence-corrected chi connectivity index (χ2v) is 9.51. The Morgan fingerprint density at radius 3 is 2.51 bits per heavy atom. The lowest BCUT2D eigenvalue weighted by molar-refractivity contribution is 0.0303. The van der Waals surface area contributed by atoms with Gasteiger partial charge in [-0.3, -0.25) is 4.79 Å². The Hall–Kier alpha value is -4.16. The van der Waals surface area contributed by atoms with Gasteiger partial charge in [0.15, 0.2) is 0 Å². The van der Waals surface area contributed by atoms with Gasteiger partial charge in [-0.05, 0) is 34.7 Å². The van der Waals surface area contributed by atoms with Crippen molar-refractivity contribution in [2.45, 2.75) is 18.9 Å².